The molecular formula is C18H18BrFN2O3. The van der Waals surface area contributed by atoms with Crippen LogP contribution in [-0.4, -0.2) is 25.5 Å². The summed E-state index contributed by atoms with van der Waals surface area (Å²) in [5.74, 6) is -0.441. The van der Waals surface area contributed by atoms with Gasteiger partial charge in [-0.05, 0) is 40.2 Å². The van der Waals surface area contributed by atoms with Crippen LogP contribution in [0.25, 0.3) is 0 Å². The Labute approximate surface area is 153 Å². The number of rotatable bonds is 7. The van der Waals surface area contributed by atoms with E-state index in [0.717, 1.165) is 11.6 Å². The molecule has 0 saturated carbocycles. The second kappa shape index (κ2) is 9.17. The van der Waals surface area contributed by atoms with Crippen LogP contribution in [0.3, 0.4) is 0 Å². The lowest BCUT2D eigenvalue weighted by molar-refractivity contribution is -0.121. The minimum absolute atomic E-state index is 0.119. The molecule has 0 spiro atoms. The molecule has 2 aromatic rings. The second-order valence-corrected chi connectivity index (χ2v) is 6.07. The quantitative estimate of drug-likeness (QED) is 0.739. The molecule has 0 unspecified atom stereocenters. The van der Waals surface area contributed by atoms with Crippen molar-refractivity contribution in [3.8, 4) is 5.75 Å². The van der Waals surface area contributed by atoms with Gasteiger partial charge in [-0.2, -0.15) is 0 Å². The van der Waals surface area contributed by atoms with Crippen LogP contribution in [-0.2, 0) is 11.3 Å². The van der Waals surface area contributed by atoms with Crippen LogP contribution >= 0.6 is 15.9 Å². The summed E-state index contributed by atoms with van der Waals surface area (Å²) in [6.45, 7) is 0.492. The molecular weight excluding hydrogens is 391 g/mol. The van der Waals surface area contributed by atoms with Crippen LogP contribution in [0.1, 0.15) is 22.3 Å². The molecule has 0 aliphatic rings. The van der Waals surface area contributed by atoms with Gasteiger partial charge in [0.15, 0.2) is 0 Å². The zero-order valence-electron chi connectivity index (χ0n) is 13.6. The van der Waals surface area contributed by atoms with Crippen molar-refractivity contribution < 1.29 is 18.7 Å². The summed E-state index contributed by atoms with van der Waals surface area (Å²) in [4.78, 5) is 23.9. The summed E-state index contributed by atoms with van der Waals surface area (Å²) in [6.07, 6.45) is 0.119. The van der Waals surface area contributed by atoms with Gasteiger partial charge in [-0.25, -0.2) is 4.39 Å². The molecule has 0 saturated heterocycles. The summed E-state index contributed by atoms with van der Waals surface area (Å²) in [5, 5.41) is 5.37. The topological polar surface area (TPSA) is 67.4 Å². The van der Waals surface area contributed by atoms with Crippen LogP contribution in [0.2, 0.25) is 0 Å². The Morgan fingerprint density at radius 3 is 2.68 bits per heavy atom. The fourth-order valence-corrected chi connectivity index (χ4v) is 2.61. The van der Waals surface area contributed by atoms with Crippen molar-refractivity contribution in [3.05, 3.63) is 63.9 Å². The lowest BCUT2D eigenvalue weighted by Gasteiger charge is -2.10. The molecule has 0 aliphatic heterocycles. The Hall–Kier alpha value is -2.41. The maximum atomic E-state index is 13.2. The smallest absolute Gasteiger partial charge is 0.252 e. The number of hydrogen-bond donors (Lipinski definition) is 2. The first-order chi connectivity index (χ1) is 12.0. The highest BCUT2D eigenvalue weighted by Gasteiger charge is 2.11. The number of benzene rings is 2. The second-order valence-electron chi connectivity index (χ2n) is 5.22. The van der Waals surface area contributed by atoms with Crippen molar-refractivity contribution in [3.63, 3.8) is 0 Å². The molecule has 132 valence electrons. The number of ether oxygens (including phenoxy) is 1. The molecule has 5 nitrogen and oxygen atoms in total. The van der Waals surface area contributed by atoms with Gasteiger partial charge < -0.3 is 15.4 Å². The van der Waals surface area contributed by atoms with E-state index in [0.29, 0.717) is 16.8 Å². The minimum atomic E-state index is -0.497. The molecule has 0 aliphatic carbocycles. The van der Waals surface area contributed by atoms with Crippen molar-refractivity contribution >= 4 is 27.7 Å². The summed E-state index contributed by atoms with van der Waals surface area (Å²) < 4.78 is 18.9. The number of para-hydroxylation sites is 1. The van der Waals surface area contributed by atoms with Gasteiger partial charge >= 0.3 is 0 Å². The largest absolute Gasteiger partial charge is 0.496 e. The fourth-order valence-electron chi connectivity index (χ4n) is 2.19. The van der Waals surface area contributed by atoms with Gasteiger partial charge in [0.1, 0.15) is 11.6 Å². The Kier molecular flexibility index (Phi) is 6.94. The first-order valence-electron chi connectivity index (χ1n) is 7.63. The Balaban J connectivity index is 1.78. The number of carbonyl (C=O) groups is 2. The molecule has 7 heteroatoms. The summed E-state index contributed by atoms with van der Waals surface area (Å²) in [7, 11) is 1.57. The highest BCUT2D eigenvalue weighted by atomic mass is 79.9. The van der Waals surface area contributed by atoms with E-state index in [-0.39, 0.29) is 24.4 Å². The van der Waals surface area contributed by atoms with Crippen molar-refractivity contribution in [2.24, 2.45) is 0 Å². The number of amides is 2. The molecule has 2 rings (SSSR count). The van der Waals surface area contributed by atoms with Crippen LogP contribution < -0.4 is 15.4 Å². The summed E-state index contributed by atoms with van der Waals surface area (Å²) in [6, 6.07) is 11.3. The maximum Gasteiger partial charge on any atom is 0.252 e. The SMILES string of the molecule is COc1ccccc1CNC(=O)CCNC(=O)c1cc(F)ccc1Br. The lowest BCUT2D eigenvalue weighted by Crippen LogP contribution is -2.30. The van der Waals surface area contributed by atoms with Gasteiger partial charge in [-0.3, -0.25) is 9.59 Å². The number of halogens is 2. The van der Waals surface area contributed by atoms with Crippen LogP contribution in [0.4, 0.5) is 4.39 Å². The van der Waals surface area contributed by atoms with Gasteiger partial charge in [0.05, 0.1) is 12.7 Å². The van der Waals surface area contributed by atoms with Crippen LogP contribution in [0.15, 0.2) is 46.9 Å². The Morgan fingerprint density at radius 1 is 1.16 bits per heavy atom. The molecule has 0 radical (unpaired) electrons. The van der Waals surface area contributed by atoms with E-state index >= 15 is 0 Å². The highest BCUT2D eigenvalue weighted by molar-refractivity contribution is 9.10. The lowest BCUT2D eigenvalue weighted by atomic mass is 10.2. The molecule has 0 atom stereocenters. The third-order valence-electron chi connectivity index (χ3n) is 3.48. The van der Waals surface area contributed by atoms with E-state index in [2.05, 4.69) is 26.6 Å². The zero-order chi connectivity index (χ0) is 18.2. The van der Waals surface area contributed by atoms with E-state index in [1.165, 1.54) is 12.1 Å². The predicted octanol–water partition coefficient (Wildman–Crippen LogP) is 3.03. The third-order valence-corrected chi connectivity index (χ3v) is 4.17. The predicted molar refractivity (Wildman–Crippen MR) is 95.9 cm³/mol. The van der Waals surface area contributed by atoms with Crippen LogP contribution in [0, 0.1) is 5.82 Å². The molecule has 0 bridgehead atoms. The fraction of sp³-hybridized carbons (Fsp3) is 0.222. The highest BCUT2D eigenvalue weighted by Crippen LogP contribution is 2.18. The summed E-state index contributed by atoms with van der Waals surface area (Å²) >= 11 is 3.20. The number of hydrogen-bond acceptors (Lipinski definition) is 3. The van der Waals surface area contributed by atoms with Gasteiger partial charge in [0.25, 0.3) is 5.91 Å². The first-order valence-corrected chi connectivity index (χ1v) is 8.42. The normalized spacial score (nSPS) is 10.2. The Bertz CT molecular complexity index is 768. The number of nitrogens with one attached hydrogen (secondary N) is 2. The molecule has 25 heavy (non-hydrogen) atoms. The van der Waals surface area contributed by atoms with Gasteiger partial charge in [-0.15, -0.1) is 0 Å². The van der Waals surface area contributed by atoms with Crippen molar-refractivity contribution in [1.82, 2.24) is 10.6 Å². The molecule has 0 fully saturated rings. The van der Waals surface area contributed by atoms with E-state index in [1.54, 1.807) is 7.11 Å². The average molecular weight is 409 g/mol. The van der Waals surface area contributed by atoms with Crippen LogP contribution in [0.5, 0.6) is 5.75 Å². The van der Waals surface area contributed by atoms with Gasteiger partial charge in [0, 0.05) is 29.5 Å². The number of methoxy groups -OCH3 is 1. The number of carbonyl (C=O) groups excluding carboxylic acids is 2. The van der Waals surface area contributed by atoms with Gasteiger partial charge in [-0.1, -0.05) is 18.2 Å². The first kappa shape index (κ1) is 18.9. The molecule has 2 aromatic carbocycles. The zero-order valence-corrected chi connectivity index (χ0v) is 15.2. The standard InChI is InChI=1S/C18H18BrFN2O3/c1-25-16-5-3-2-4-12(16)11-22-17(23)8-9-21-18(24)14-10-13(20)6-7-15(14)19/h2-7,10H,8-9,11H2,1H3,(H,21,24)(H,22,23). The molecule has 0 heterocycles. The van der Waals surface area contributed by atoms with Crippen molar-refractivity contribution in [1.29, 1.82) is 0 Å². The average Bonchev–Trinajstić information content (AvgIpc) is 2.62. The molecule has 2 amide bonds. The Morgan fingerprint density at radius 2 is 1.92 bits per heavy atom. The van der Waals surface area contributed by atoms with Crippen molar-refractivity contribution in [2.75, 3.05) is 13.7 Å². The van der Waals surface area contributed by atoms with E-state index in [9.17, 15) is 14.0 Å². The minimum Gasteiger partial charge on any atom is -0.496 e. The van der Waals surface area contributed by atoms with E-state index in [4.69, 9.17) is 4.74 Å². The van der Waals surface area contributed by atoms with Crippen molar-refractivity contribution in [2.45, 2.75) is 13.0 Å². The third kappa shape index (κ3) is 5.56. The molecule has 2 N–H and O–H groups in total. The van der Waals surface area contributed by atoms with Gasteiger partial charge in [0.2, 0.25) is 5.91 Å². The van der Waals surface area contributed by atoms with E-state index in [1.807, 2.05) is 24.3 Å². The summed E-state index contributed by atoms with van der Waals surface area (Å²) in [5.41, 5.74) is 1.06. The van der Waals surface area contributed by atoms with E-state index < -0.39 is 11.7 Å². The molecule has 0 aromatic heterocycles. The maximum absolute atomic E-state index is 13.2. The monoisotopic (exact) mass is 408 g/mol.